The summed E-state index contributed by atoms with van der Waals surface area (Å²) >= 11 is 1.51. The lowest BCUT2D eigenvalue weighted by atomic mass is 10.2. The number of hydrogen-bond acceptors (Lipinski definition) is 4. The second-order valence-corrected chi connectivity index (χ2v) is 6.23. The van der Waals surface area contributed by atoms with Gasteiger partial charge in [0.05, 0.1) is 12.2 Å². The fourth-order valence-corrected chi connectivity index (χ4v) is 3.39. The largest absolute Gasteiger partial charge is 0.372 e. The molecule has 0 radical (unpaired) electrons. The number of amides is 1. The third kappa shape index (κ3) is 3.14. The molecule has 1 saturated heterocycles. The van der Waals surface area contributed by atoms with Crippen molar-refractivity contribution in [3.63, 3.8) is 0 Å². The molecule has 0 bridgehead atoms. The first kappa shape index (κ1) is 14.2. The molecular formula is C16H18N2O2S. The molecule has 4 nitrogen and oxygen atoms in total. The molecule has 2 atom stereocenters. The minimum Gasteiger partial charge on any atom is -0.372 e. The highest BCUT2D eigenvalue weighted by molar-refractivity contribution is 7.13. The zero-order chi connectivity index (χ0) is 14.8. The molecule has 1 aliphatic rings. The van der Waals surface area contributed by atoms with Gasteiger partial charge in [0.1, 0.15) is 10.7 Å². The molecule has 1 aliphatic heterocycles. The van der Waals surface area contributed by atoms with E-state index in [2.05, 4.69) is 4.98 Å². The Morgan fingerprint density at radius 2 is 1.90 bits per heavy atom. The van der Waals surface area contributed by atoms with Gasteiger partial charge in [0, 0.05) is 24.0 Å². The van der Waals surface area contributed by atoms with Gasteiger partial charge in [0.2, 0.25) is 0 Å². The highest BCUT2D eigenvalue weighted by Crippen LogP contribution is 2.24. The first-order valence-corrected chi connectivity index (χ1v) is 7.97. The maximum atomic E-state index is 12.6. The average Bonchev–Trinajstić information content (AvgIpc) is 2.96. The van der Waals surface area contributed by atoms with E-state index in [1.807, 2.05) is 54.5 Å². The van der Waals surface area contributed by atoms with E-state index in [-0.39, 0.29) is 18.1 Å². The zero-order valence-electron chi connectivity index (χ0n) is 12.2. The minimum absolute atomic E-state index is 0.00423. The van der Waals surface area contributed by atoms with Crippen molar-refractivity contribution in [3.05, 3.63) is 41.4 Å². The lowest BCUT2D eigenvalue weighted by Crippen LogP contribution is -2.48. The van der Waals surface area contributed by atoms with E-state index in [9.17, 15) is 4.79 Å². The standard InChI is InChI=1S/C16H18N2O2S/c1-11-8-18(9-12(2)20-11)16(19)14-10-21-15(17-14)13-6-4-3-5-7-13/h3-7,10-12H,8-9H2,1-2H3/t11-,12+. The van der Waals surface area contributed by atoms with Gasteiger partial charge in [-0.25, -0.2) is 4.98 Å². The van der Waals surface area contributed by atoms with Crippen molar-refractivity contribution in [1.82, 2.24) is 9.88 Å². The normalized spacial score (nSPS) is 22.3. The molecule has 1 aromatic carbocycles. The summed E-state index contributed by atoms with van der Waals surface area (Å²) in [6, 6.07) is 9.94. The van der Waals surface area contributed by atoms with E-state index in [0.29, 0.717) is 18.8 Å². The Labute approximate surface area is 128 Å². The van der Waals surface area contributed by atoms with Crippen LogP contribution in [0.4, 0.5) is 0 Å². The van der Waals surface area contributed by atoms with Gasteiger partial charge in [0.25, 0.3) is 5.91 Å². The van der Waals surface area contributed by atoms with Crippen LogP contribution in [-0.2, 0) is 4.74 Å². The van der Waals surface area contributed by atoms with Crippen LogP contribution in [0.25, 0.3) is 10.6 Å². The Morgan fingerprint density at radius 1 is 1.24 bits per heavy atom. The molecular weight excluding hydrogens is 284 g/mol. The highest BCUT2D eigenvalue weighted by Gasteiger charge is 2.27. The molecule has 0 saturated carbocycles. The number of carbonyl (C=O) groups is 1. The van der Waals surface area contributed by atoms with Gasteiger partial charge in [-0.2, -0.15) is 0 Å². The van der Waals surface area contributed by atoms with Crippen molar-refractivity contribution in [2.24, 2.45) is 0 Å². The lowest BCUT2D eigenvalue weighted by molar-refractivity contribution is -0.0587. The Hall–Kier alpha value is -1.72. The first-order valence-electron chi connectivity index (χ1n) is 7.09. The lowest BCUT2D eigenvalue weighted by Gasteiger charge is -2.34. The highest BCUT2D eigenvalue weighted by atomic mass is 32.1. The van der Waals surface area contributed by atoms with E-state index in [4.69, 9.17) is 4.74 Å². The van der Waals surface area contributed by atoms with Gasteiger partial charge in [-0.15, -0.1) is 11.3 Å². The van der Waals surface area contributed by atoms with Crippen molar-refractivity contribution in [3.8, 4) is 10.6 Å². The smallest absolute Gasteiger partial charge is 0.273 e. The number of morpholine rings is 1. The quantitative estimate of drug-likeness (QED) is 0.856. The summed E-state index contributed by atoms with van der Waals surface area (Å²) in [5.74, 6) is -0.00423. The van der Waals surface area contributed by atoms with E-state index in [0.717, 1.165) is 10.6 Å². The van der Waals surface area contributed by atoms with Gasteiger partial charge >= 0.3 is 0 Å². The Kier molecular flexibility index (Phi) is 4.03. The zero-order valence-corrected chi connectivity index (χ0v) is 13.0. The van der Waals surface area contributed by atoms with Crippen molar-refractivity contribution >= 4 is 17.2 Å². The summed E-state index contributed by atoms with van der Waals surface area (Å²) in [7, 11) is 0. The van der Waals surface area contributed by atoms with Gasteiger partial charge in [-0.1, -0.05) is 30.3 Å². The topological polar surface area (TPSA) is 42.4 Å². The Bertz CT molecular complexity index is 616. The van der Waals surface area contributed by atoms with E-state index >= 15 is 0 Å². The van der Waals surface area contributed by atoms with E-state index in [1.165, 1.54) is 11.3 Å². The molecule has 1 fully saturated rings. The van der Waals surface area contributed by atoms with Crippen LogP contribution in [0.3, 0.4) is 0 Å². The summed E-state index contributed by atoms with van der Waals surface area (Å²) in [5, 5.41) is 2.73. The fraction of sp³-hybridized carbons (Fsp3) is 0.375. The van der Waals surface area contributed by atoms with Gasteiger partial charge in [-0.3, -0.25) is 4.79 Å². The van der Waals surface area contributed by atoms with Crippen LogP contribution in [0, 0.1) is 0 Å². The number of benzene rings is 1. The molecule has 3 rings (SSSR count). The predicted octanol–water partition coefficient (Wildman–Crippen LogP) is 3.06. The van der Waals surface area contributed by atoms with Gasteiger partial charge in [-0.05, 0) is 13.8 Å². The second kappa shape index (κ2) is 5.95. The second-order valence-electron chi connectivity index (χ2n) is 5.37. The number of nitrogens with zero attached hydrogens (tertiary/aromatic N) is 2. The number of thiazole rings is 1. The number of aromatic nitrogens is 1. The van der Waals surface area contributed by atoms with Gasteiger partial charge in [0.15, 0.2) is 0 Å². The number of rotatable bonds is 2. The van der Waals surface area contributed by atoms with Crippen LogP contribution in [0.2, 0.25) is 0 Å². The molecule has 0 spiro atoms. The number of hydrogen-bond donors (Lipinski definition) is 0. The maximum absolute atomic E-state index is 12.6. The Balaban J connectivity index is 1.78. The summed E-state index contributed by atoms with van der Waals surface area (Å²) in [5.41, 5.74) is 1.57. The molecule has 2 heterocycles. The third-order valence-electron chi connectivity index (χ3n) is 3.45. The van der Waals surface area contributed by atoms with Gasteiger partial charge < -0.3 is 9.64 Å². The maximum Gasteiger partial charge on any atom is 0.273 e. The van der Waals surface area contributed by atoms with E-state index in [1.54, 1.807) is 0 Å². The van der Waals surface area contributed by atoms with Crippen LogP contribution in [-0.4, -0.2) is 41.1 Å². The molecule has 21 heavy (non-hydrogen) atoms. The number of ether oxygens (including phenoxy) is 1. The van der Waals surface area contributed by atoms with Crippen LogP contribution in [0.5, 0.6) is 0 Å². The molecule has 0 unspecified atom stereocenters. The van der Waals surface area contributed by atoms with Crippen molar-refractivity contribution in [1.29, 1.82) is 0 Å². The summed E-state index contributed by atoms with van der Waals surface area (Å²) < 4.78 is 5.67. The van der Waals surface area contributed by atoms with Crippen LogP contribution < -0.4 is 0 Å². The monoisotopic (exact) mass is 302 g/mol. The fourth-order valence-electron chi connectivity index (χ4n) is 2.59. The number of carbonyl (C=O) groups excluding carboxylic acids is 1. The first-order chi connectivity index (χ1) is 10.1. The molecule has 1 aromatic heterocycles. The van der Waals surface area contributed by atoms with Crippen molar-refractivity contribution in [2.75, 3.05) is 13.1 Å². The summed E-state index contributed by atoms with van der Waals surface area (Å²) in [4.78, 5) is 18.9. The van der Waals surface area contributed by atoms with Crippen LogP contribution in [0.1, 0.15) is 24.3 Å². The third-order valence-corrected chi connectivity index (χ3v) is 4.34. The Morgan fingerprint density at radius 3 is 2.57 bits per heavy atom. The minimum atomic E-state index is -0.00423. The molecule has 0 N–H and O–H groups in total. The summed E-state index contributed by atoms with van der Waals surface area (Å²) in [6.45, 7) is 5.24. The molecule has 5 heteroatoms. The van der Waals surface area contributed by atoms with Crippen molar-refractivity contribution in [2.45, 2.75) is 26.1 Å². The average molecular weight is 302 g/mol. The van der Waals surface area contributed by atoms with E-state index < -0.39 is 0 Å². The predicted molar refractivity (Wildman–Crippen MR) is 83.5 cm³/mol. The molecule has 2 aromatic rings. The van der Waals surface area contributed by atoms with Crippen molar-refractivity contribution < 1.29 is 9.53 Å². The molecule has 1 amide bonds. The molecule has 0 aliphatic carbocycles. The SMILES string of the molecule is C[C@@H]1CN(C(=O)c2csc(-c3ccccc3)n2)C[C@H](C)O1. The molecule has 110 valence electrons. The van der Waals surface area contributed by atoms with Crippen LogP contribution in [0.15, 0.2) is 35.7 Å². The summed E-state index contributed by atoms with van der Waals surface area (Å²) in [6.07, 6.45) is 0.148. The van der Waals surface area contributed by atoms with Crippen LogP contribution >= 0.6 is 11.3 Å².